The van der Waals surface area contributed by atoms with Crippen molar-refractivity contribution < 1.29 is 0 Å². The van der Waals surface area contributed by atoms with Gasteiger partial charge in [0, 0.05) is 5.54 Å². The average Bonchev–Trinajstić information content (AvgIpc) is 2.87. The second kappa shape index (κ2) is 7.29. The van der Waals surface area contributed by atoms with Gasteiger partial charge in [-0.05, 0) is 64.6 Å². The van der Waals surface area contributed by atoms with Crippen LogP contribution in [-0.4, -0.2) is 6.69 Å². The highest BCUT2D eigenvalue weighted by Gasteiger charge is 2.40. The maximum absolute atomic E-state index is 6.75. The molecule has 0 saturated carbocycles. The number of hydrogen-bond acceptors (Lipinski definition) is 0. The van der Waals surface area contributed by atoms with E-state index in [1.165, 1.54) is 44.5 Å². The van der Waals surface area contributed by atoms with Crippen LogP contribution < -0.4 is 0 Å². The topological polar surface area (TPSA) is 0 Å². The molecule has 1 atom stereocenters. The molecule has 0 bridgehead atoms. The summed E-state index contributed by atoms with van der Waals surface area (Å²) < 4.78 is 0. The van der Waals surface area contributed by atoms with Crippen LogP contribution in [0.5, 0.6) is 0 Å². The van der Waals surface area contributed by atoms with Gasteiger partial charge in [-0.1, -0.05) is 89.1 Å². The highest BCUT2D eigenvalue weighted by molar-refractivity contribution is 7.45. The molecule has 29 heavy (non-hydrogen) atoms. The van der Waals surface area contributed by atoms with Crippen molar-refractivity contribution in [1.82, 2.24) is 0 Å². The molecule has 0 radical (unpaired) electrons. The van der Waals surface area contributed by atoms with Crippen LogP contribution in [-0.2, 0) is 10.8 Å². The maximum Gasteiger partial charge on any atom is 0.259 e. The zero-order valence-electron chi connectivity index (χ0n) is 19.3. The second-order valence-electron chi connectivity index (χ2n) is 10.9. The summed E-state index contributed by atoms with van der Waals surface area (Å²) >= 11 is 13.5. The molecule has 0 saturated heterocycles. The van der Waals surface area contributed by atoms with E-state index in [9.17, 15) is 0 Å². The van der Waals surface area contributed by atoms with Crippen LogP contribution in [0.15, 0.2) is 35.9 Å². The summed E-state index contributed by atoms with van der Waals surface area (Å²) in [6.45, 7) is 17.7. The zero-order chi connectivity index (χ0) is 21.9. The Morgan fingerprint density at radius 2 is 1.31 bits per heavy atom. The molecule has 3 heteroatoms. The van der Waals surface area contributed by atoms with Crippen LogP contribution >= 0.6 is 22.2 Å². The fourth-order valence-electron chi connectivity index (χ4n) is 4.34. The predicted molar refractivity (Wildman–Crippen MR) is 134 cm³/mol. The SMILES string of the molecule is CC1=Cc2c(-c3cc(C(C)(C)C)cc(C(C)(C)C)c3)cc(C)cc2C1[Si](C)(Cl)Cl. The lowest BCUT2D eigenvalue weighted by Gasteiger charge is -2.27. The van der Waals surface area contributed by atoms with Crippen molar-refractivity contribution in [2.75, 3.05) is 0 Å². The first-order valence-electron chi connectivity index (χ1n) is 10.5. The molecule has 0 fully saturated rings. The lowest BCUT2D eigenvalue weighted by Crippen LogP contribution is -2.25. The average molecular weight is 446 g/mol. The molecule has 1 unspecified atom stereocenters. The third kappa shape index (κ3) is 4.53. The molecule has 2 aromatic carbocycles. The Balaban J connectivity index is 2.31. The normalized spacial score (nSPS) is 17.3. The third-order valence-corrected chi connectivity index (χ3v) is 9.07. The fraction of sp³-hybridized carbons (Fsp3) is 0.462. The van der Waals surface area contributed by atoms with Crippen LogP contribution in [0.3, 0.4) is 0 Å². The van der Waals surface area contributed by atoms with Gasteiger partial charge in [-0.2, -0.15) is 0 Å². The molecule has 0 N–H and O–H groups in total. The first kappa shape index (κ1) is 22.7. The van der Waals surface area contributed by atoms with Crippen molar-refractivity contribution in [3.05, 3.63) is 63.7 Å². The van der Waals surface area contributed by atoms with E-state index in [1.54, 1.807) is 0 Å². The molecule has 0 heterocycles. The van der Waals surface area contributed by atoms with E-state index in [0.29, 0.717) is 0 Å². The van der Waals surface area contributed by atoms with Gasteiger partial charge >= 0.3 is 0 Å². The van der Waals surface area contributed by atoms with E-state index >= 15 is 0 Å². The molecule has 0 nitrogen and oxygen atoms in total. The van der Waals surface area contributed by atoms with Gasteiger partial charge in [-0.25, -0.2) is 0 Å². The third-order valence-electron chi connectivity index (χ3n) is 5.98. The van der Waals surface area contributed by atoms with Crippen molar-refractivity contribution in [1.29, 1.82) is 0 Å². The van der Waals surface area contributed by atoms with Gasteiger partial charge in [-0.15, -0.1) is 22.2 Å². The van der Waals surface area contributed by atoms with Crippen molar-refractivity contribution in [3.8, 4) is 11.1 Å². The van der Waals surface area contributed by atoms with Gasteiger partial charge in [0.2, 0.25) is 0 Å². The Bertz CT molecular complexity index is 947. The minimum Gasteiger partial charge on any atom is -0.145 e. The molecule has 2 aromatic rings. The standard InChI is InChI=1S/C26H34Cl2Si/c1-16-10-21(22-12-17(2)24(23(22)11-16)29(9,27)28)18-13-19(25(3,4)5)15-20(14-18)26(6,7)8/h10-15,24H,1-9H3. The van der Waals surface area contributed by atoms with Crippen molar-refractivity contribution >= 4 is 34.9 Å². The van der Waals surface area contributed by atoms with Crippen LogP contribution in [0.1, 0.15) is 81.8 Å². The molecular weight excluding hydrogens is 411 g/mol. The second-order valence-corrected chi connectivity index (χ2v) is 18.7. The smallest absolute Gasteiger partial charge is 0.145 e. The Labute approximate surface area is 187 Å². The minimum atomic E-state index is -2.39. The lowest BCUT2D eigenvalue weighted by atomic mass is 9.78. The summed E-state index contributed by atoms with van der Waals surface area (Å²) in [6, 6.07) is 11.7. The molecule has 3 rings (SSSR count). The van der Waals surface area contributed by atoms with Gasteiger partial charge < -0.3 is 0 Å². The number of allylic oxidation sites excluding steroid dienone is 1. The molecule has 0 spiro atoms. The molecule has 0 aliphatic heterocycles. The molecule has 1 aliphatic rings. The number of rotatable bonds is 2. The number of benzene rings is 2. The van der Waals surface area contributed by atoms with Crippen molar-refractivity contribution in [2.24, 2.45) is 0 Å². The molecule has 0 aromatic heterocycles. The van der Waals surface area contributed by atoms with E-state index in [2.05, 4.69) is 91.8 Å². The van der Waals surface area contributed by atoms with E-state index in [0.717, 1.165) is 0 Å². The summed E-state index contributed by atoms with van der Waals surface area (Å²) in [5.41, 5.74) is 10.8. The van der Waals surface area contributed by atoms with Gasteiger partial charge in [0.15, 0.2) is 0 Å². The minimum absolute atomic E-state index is 0.0923. The lowest BCUT2D eigenvalue weighted by molar-refractivity contribution is 0.569. The van der Waals surface area contributed by atoms with E-state index in [1.807, 2.05) is 6.55 Å². The van der Waals surface area contributed by atoms with Crippen molar-refractivity contribution in [2.45, 2.75) is 78.3 Å². The van der Waals surface area contributed by atoms with Gasteiger partial charge in [0.05, 0.1) is 0 Å². The Morgan fingerprint density at radius 3 is 1.76 bits per heavy atom. The summed E-state index contributed by atoms with van der Waals surface area (Å²) in [5.74, 6) is 0. The Hall–Kier alpha value is -1.02. The first-order chi connectivity index (χ1) is 13.1. The van der Waals surface area contributed by atoms with Gasteiger partial charge in [-0.3, -0.25) is 0 Å². The highest BCUT2D eigenvalue weighted by Crippen LogP contribution is 2.49. The van der Waals surface area contributed by atoms with Crippen LogP contribution in [0, 0.1) is 6.92 Å². The van der Waals surface area contributed by atoms with Crippen LogP contribution in [0.25, 0.3) is 17.2 Å². The fourth-order valence-corrected chi connectivity index (χ4v) is 7.75. The zero-order valence-corrected chi connectivity index (χ0v) is 21.8. The van der Waals surface area contributed by atoms with E-state index < -0.39 is 6.69 Å². The summed E-state index contributed by atoms with van der Waals surface area (Å²) in [5, 5.41) is 0. The van der Waals surface area contributed by atoms with E-state index in [4.69, 9.17) is 22.2 Å². The summed E-state index contributed by atoms with van der Waals surface area (Å²) in [7, 11) is 0. The Morgan fingerprint density at radius 1 is 0.793 bits per heavy atom. The van der Waals surface area contributed by atoms with Gasteiger partial charge in [0.25, 0.3) is 6.69 Å². The molecule has 0 amide bonds. The summed E-state index contributed by atoms with van der Waals surface area (Å²) in [4.78, 5) is 0. The van der Waals surface area contributed by atoms with Crippen LogP contribution in [0.2, 0.25) is 6.55 Å². The molecule has 156 valence electrons. The number of fused-ring (bicyclic) bond motifs is 1. The van der Waals surface area contributed by atoms with E-state index in [-0.39, 0.29) is 16.4 Å². The number of aryl methyl sites for hydroxylation is 1. The van der Waals surface area contributed by atoms with Crippen LogP contribution in [0.4, 0.5) is 0 Å². The highest BCUT2D eigenvalue weighted by atomic mass is 35.7. The first-order valence-corrected chi connectivity index (χ1v) is 15.1. The number of halogens is 2. The van der Waals surface area contributed by atoms with Gasteiger partial charge in [0.1, 0.15) is 0 Å². The monoisotopic (exact) mass is 444 g/mol. The maximum atomic E-state index is 6.75. The molecular formula is C26H34Cl2Si. The quantitative estimate of drug-likeness (QED) is 0.320. The largest absolute Gasteiger partial charge is 0.259 e. The van der Waals surface area contributed by atoms with Crippen molar-refractivity contribution in [3.63, 3.8) is 0 Å². The molecule has 1 aliphatic carbocycles. The number of hydrogen-bond donors (Lipinski definition) is 0. The summed E-state index contributed by atoms with van der Waals surface area (Å²) in [6.07, 6.45) is 2.31. The Kier molecular flexibility index (Phi) is 5.69. The predicted octanol–water partition coefficient (Wildman–Crippen LogP) is 8.85.